The van der Waals surface area contributed by atoms with Gasteiger partial charge in [-0.15, -0.1) is 0 Å². The van der Waals surface area contributed by atoms with Crippen molar-refractivity contribution in [1.82, 2.24) is 4.90 Å². The van der Waals surface area contributed by atoms with E-state index in [1.807, 2.05) is 0 Å². The quantitative estimate of drug-likeness (QED) is 0.841. The fourth-order valence-corrected chi connectivity index (χ4v) is 3.70. The lowest BCUT2D eigenvalue weighted by atomic mass is 9.76. The van der Waals surface area contributed by atoms with Gasteiger partial charge in [0.05, 0.1) is 0 Å². The topological polar surface area (TPSA) is 46.3 Å². The van der Waals surface area contributed by atoms with E-state index < -0.39 is 0 Å². The second kappa shape index (κ2) is 7.62. The van der Waals surface area contributed by atoms with Crippen LogP contribution < -0.4 is 5.73 Å². The van der Waals surface area contributed by atoms with Gasteiger partial charge in [0.15, 0.2) is 0 Å². The Morgan fingerprint density at radius 1 is 1.24 bits per heavy atom. The van der Waals surface area contributed by atoms with Crippen LogP contribution in [-0.2, 0) is 4.79 Å². The Morgan fingerprint density at radius 2 is 1.86 bits per heavy atom. The van der Waals surface area contributed by atoms with Crippen molar-refractivity contribution < 1.29 is 4.79 Å². The van der Waals surface area contributed by atoms with Crippen molar-refractivity contribution in [1.29, 1.82) is 0 Å². The highest BCUT2D eigenvalue weighted by Crippen LogP contribution is 2.33. The lowest BCUT2D eigenvalue weighted by Gasteiger charge is -2.41. The number of hydrogen-bond acceptors (Lipinski definition) is 2. The van der Waals surface area contributed by atoms with Crippen LogP contribution in [0.5, 0.6) is 0 Å². The van der Waals surface area contributed by atoms with E-state index in [2.05, 4.69) is 46.4 Å². The standard InChI is InChI=1S/C18H36N2O/c1-13-11-14(2)15(3)20(12-13)17(21)8-7-16(9-10-19)18(4,5)6/h13-16H,7-12,19H2,1-6H3. The molecule has 1 aliphatic rings. The zero-order valence-electron chi connectivity index (χ0n) is 15.0. The molecule has 1 fully saturated rings. The van der Waals surface area contributed by atoms with Gasteiger partial charge in [-0.05, 0) is 55.9 Å². The number of rotatable bonds is 5. The summed E-state index contributed by atoms with van der Waals surface area (Å²) in [6.45, 7) is 15.1. The number of nitrogens with two attached hydrogens (primary N) is 1. The average molecular weight is 296 g/mol. The van der Waals surface area contributed by atoms with Gasteiger partial charge in [-0.25, -0.2) is 0 Å². The van der Waals surface area contributed by atoms with Crippen LogP contribution in [0.25, 0.3) is 0 Å². The van der Waals surface area contributed by atoms with Crippen LogP contribution in [0.15, 0.2) is 0 Å². The summed E-state index contributed by atoms with van der Waals surface area (Å²) in [5.41, 5.74) is 5.97. The first kappa shape index (κ1) is 18.5. The maximum atomic E-state index is 12.6. The van der Waals surface area contributed by atoms with Gasteiger partial charge < -0.3 is 10.6 Å². The van der Waals surface area contributed by atoms with Crippen molar-refractivity contribution in [2.45, 2.75) is 73.3 Å². The van der Waals surface area contributed by atoms with Gasteiger partial charge in [0.1, 0.15) is 0 Å². The van der Waals surface area contributed by atoms with Gasteiger partial charge in [0.2, 0.25) is 5.91 Å². The smallest absolute Gasteiger partial charge is 0.222 e. The van der Waals surface area contributed by atoms with E-state index >= 15 is 0 Å². The molecule has 1 aliphatic heterocycles. The van der Waals surface area contributed by atoms with Gasteiger partial charge in [-0.3, -0.25) is 4.79 Å². The summed E-state index contributed by atoms with van der Waals surface area (Å²) in [5.74, 6) is 2.11. The molecule has 124 valence electrons. The molecular formula is C18H36N2O. The van der Waals surface area contributed by atoms with Crippen LogP contribution in [0.4, 0.5) is 0 Å². The number of hydrogen-bond donors (Lipinski definition) is 1. The van der Waals surface area contributed by atoms with Crippen molar-refractivity contribution in [3.05, 3.63) is 0 Å². The molecule has 1 heterocycles. The zero-order chi connectivity index (χ0) is 16.2. The first-order chi connectivity index (χ1) is 9.66. The van der Waals surface area contributed by atoms with Gasteiger partial charge in [-0.2, -0.15) is 0 Å². The van der Waals surface area contributed by atoms with E-state index in [0.717, 1.165) is 19.4 Å². The summed E-state index contributed by atoms with van der Waals surface area (Å²) in [6.07, 6.45) is 3.89. The van der Waals surface area contributed by atoms with Gasteiger partial charge in [-0.1, -0.05) is 34.6 Å². The molecule has 0 radical (unpaired) electrons. The lowest BCUT2D eigenvalue weighted by Crippen LogP contribution is -2.49. The molecule has 4 atom stereocenters. The largest absolute Gasteiger partial charge is 0.339 e. The molecule has 0 bridgehead atoms. The van der Waals surface area contributed by atoms with Gasteiger partial charge in [0.25, 0.3) is 0 Å². The Hall–Kier alpha value is -0.570. The highest BCUT2D eigenvalue weighted by molar-refractivity contribution is 5.76. The van der Waals surface area contributed by atoms with Crippen molar-refractivity contribution in [3.63, 3.8) is 0 Å². The van der Waals surface area contributed by atoms with E-state index in [1.165, 1.54) is 6.42 Å². The number of likely N-dealkylation sites (tertiary alicyclic amines) is 1. The first-order valence-electron chi connectivity index (χ1n) is 8.66. The molecule has 2 N–H and O–H groups in total. The second-order valence-corrected chi connectivity index (χ2v) is 8.28. The summed E-state index contributed by atoms with van der Waals surface area (Å²) in [5, 5.41) is 0. The molecule has 1 saturated heterocycles. The number of carbonyl (C=O) groups is 1. The summed E-state index contributed by atoms with van der Waals surface area (Å²) >= 11 is 0. The lowest BCUT2D eigenvalue weighted by molar-refractivity contribution is -0.137. The number of nitrogens with zero attached hydrogens (tertiary/aromatic N) is 1. The molecule has 3 heteroatoms. The molecule has 21 heavy (non-hydrogen) atoms. The van der Waals surface area contributed by atoms with Crippen LogP contribution in [0.2, 0.25) is 0 Å². The SMILES string of the molecule is CC1CC(C)C(C)N(C(=O)CCC(CCN)C(C)(C)C)C1. The molecule has 0 aromatic rings. The minimum Gasteiger partial charge on any atom is -0.339 e. The van der Waals surface area contributed by atoms with Crippen LogP contribution in [0.3, 0.4) is 0 Å². The molecule has 1 amide bonds. The van der Waals surface area contributed by atoms with Crippen LogP contribution in [0, 0.1) is 23.2 Å². The third-order valence-corrected chi connectivity index (χ3v) is 5.36. The fraction of sp³-hybridized carbons (Fsp3) is 0.944. The molecule has 4 unspecified atom stereocenters. The summed E-state index contributed by atoms with van der Waals surface area (Å²) < 4.78 is 0. The Kier molecular flexibility index (Phi) is 6.71. The predicted molar refractivity (Wildman–Crippen MR) is 90.0 cm³/mol. The molecule has 0 aromatic carbocycles. The van der Waals surface area contributed by atoms with E-state index in [-0.39, 0.29) is 5.41 Å². The monoisotopic (exact) mass is 296 g/mol. The summed E-state index contributed by atoms with van der Waals surface area (Å²) in [7, 11) is 0. The van der Waals surface area contributed by atoms with Gasteiger partial charge >= 0.3 is 0 Å². The van der Waals surface area contributed by atoms with Crippen LogP contribution in [-0.4, -0.2) is 29.9 Å². The molecule has 0 aromatic heterocycles. The molecule has 3 nitrogen and oxygen atoms in total. The Morgan fingerprint density at radius 3 is 2.38 bits per heavy atom. The van der Waals surface area contributed by atoms with E-state index in [1.54, 1.807) is 0 Å². The van der Waals surface area contributed by atoms with Crippen LogP contribution in [0.1, 0.15) is 67.2 Å². The normalized spacial score (nSPS) is 28.5. The van der Waals surface area contributed by atoms with Gasteiger partial charge in [0, 0.05) is 19.0 Å². The minimum atomic E-state index is 0.230. The van der Waals surface area contributed by atoms with Crippen molar-refractivity contribution in [2.75, 3.05) is 13.1 Å². The predicted octanol–water partition coefficient (Wildman–Crippen LogP) is 3.67. The number of piperidine rings is 1. The third kappa shape index (κ3) is 5.28. The molecule has 0 aliphatic carbocycles. The molecular weight excluding hydrogens is 260 g/mol. The maximum absolute atomic E-state index is 12.6. The van der Waals surface area contributed by atoms with Crippen molar-refractivity contribution in [2.24, 2.45) is 28.9 Å². The van der Waals surface area contributed by atoms with E-state index in [4.69, 9.17) is 5.73 Å². The fourth-order valence-electron chi connectivity index (χ4n) is 3.70. The van der Waals surface area contributed by atoms with E-state index in [9.17, 15) is 4.79 Å². The maximum Gasteiger partial charge on any atom is 0.222 e. The Labute approximate surface area is 131 Å². The first-order valence-corrected chi connectivity index (χ1v) is 8.66. The Balaban J connectivity index is 2.59. The highest BCUT2D eigenvalue weighted by atomic mass is 16.2. The summed E-state index contributed by atoms with van der Waals surface area (Å²) in [4.78, 5) is 14.8. The molecule has 1 rings (SSSR count). The van der Waals surface area contributed by atoms with Crippen molar-refractivity contribution >= 4 is 5.91 Å². The number of carbonyl (C=O) groups excluding carboxylic acids is 1. The molecule has 0 spiro atoms. The van der Waals surface area contributed by atoms with E-state index in [0.29, 0.717) is 42.7 Å². The summed E-state index contributed by atoms with van der Waals surface area (Å²) in [6, 6.07) is 0.385. The van der Waals surface area contributed by atoms with Crippen molar-refractivity contribution in [3.8, 4) is 0 Å². The average Bonchev–Trinajstić information content (AvgIpc) is 2.37. The molecule has 0 saturated carbocycles. The Bertz CT molecular complexity index is 335. The highest BCUT2D eigenvalue weighted by Gasteiger charge is 2.32. The second-order valence-electron chi connectivity index (χ2n) is 8.28. The minimum absolute atomic E-state index is 0.230. The zero-order valence-corrected chi connectivity index (χ0v) is 15.0. The van der Waals surface area contributed by atoms with Crippen LogP contribution >= 0.6 is 0 Å². The third-order valence-electron chi connectivity index (χ3n) is 5.36. The number of amides is 1.